The van der Waals surface area contributed by atoms with Gasteiger partial charge >= 0.3 is 0 Å². The number of aliphatic hydroxyl groups excluding tert-OH is 1. The number of carbonyl (C=O) groups is 2. The molecule has 31 heavy (non-hydrogen) atoms. The zero-order chi connectivity index (χ0) is 22.7. The number of rotatable bonds is 7. The zero-order valence-electron chi connectivity index (χ0n) is 18.8. The van der Waals surface area contributed by atoms with Crippen LogP contribution in [0.1, 0.15) is 44.5 Å². The number of nitrogens with one attached hydrogen (secondary N) is 2. The second-order valence-corrected chi connectivity index (χ2v) is 9.38. The Morgan fingerprint density at radius 1 is 1.23 bits per heavy atom. The number of hydrogen-bond donors (Lipinski definition) is 3. The molecule has 1 fully saturated rings. The van der Waals surface area contributed by atoms with Gasteiger partial charge in [0, 0.05) is 13.0 Å². The fourth-order valence-corrected chi connectivity index (χ4v) is 4.93. The standard InChI is InChI=1S/C23H32N4O3S/c1-13(2)20(24-5)23(30)27-11-18(28)10-19(27)22(29)26-14(3)16-6-8-17(9-7-16)21-15(4)25-12-31-21/h6-9,12-14,18-20,24,28H,10-11H2,1-5H3,(H,26,29). The number of likely N-dealkylation sites (tertiary alicyclic amines) is 1. The maximum Gasteiger partial charge on any atom is 0.243 e. The van der Waals surface area contributed by atoms with Crippen LogP contribution in [0.5, 0.6) is 0 Å². The summed E-state index contributed by atoms with van der Waals surface area (Å²) in [5, 5.41) is 16.2. The highest BCUT2D eigenvalue weighted by Gasteiger charge is 2.41. The van der Waals surface area contributed by atoms with Crippen molar-refractivity contribution in [2.45, 2.75) is 58.3 Å². The smallest absolute Gasteiger partial charge is 0.243 e. The number of aryl methyl sites for hydroxylation is 1. The van der Waals surface area contributed by atoms with Crippen LogP contribution in [-0.4, -0.2) is 58.6 Å². The summed E-state index contributed by atoms with van der Waals surface area (Å²) >= 11 is 1.61. The molecule has 1 aliphatic heterocycles. The predicted octanol–water partition coefficient (Wildman–Crippen LogP) is 2.50. The van der Waals surface area contributed by atoms with Gasteiger partial charge in [-0.1, -0.05) is 38.1 Å². The summed E-state index contributed by atoms with van der Waals surface area (Å²) in [6, 6.07) is 6.80. The summed E-state index contributed by atoms with van der Waals surface area (Å²) in [6.45, 7) is 8.01. The van der Waals surface area contributed by atoms with Crippen LogP contribution in [0, 0.1) is 12.8 Å². The van der Waals surface area contributed by atoms with Gasteiger partial charge in [-0.2, -0.15) is 0 Å². The summed E-state index contributed by atoms with van der Waals surface area (Å²) in [6.07, 6.45) is -0.441. The van der Waals surface area contributed by atoms with Crippen molar-refractivity contribution in [3.63, 3.8) is 0 Å². The molecule has 0 radical (unpaired) electrons. The molecular formula is C23H32N4O3S. The minimum Gasteiger partial charge on any atom is -0.391 e. The lowest BCUT2D eigenvalue weighted by atomic mass is 10.0. The predicted molar refractivity (Wildman–Crippen MR) is 123 cm³/mol. The number of thiazole rings is 1. The molecule has 1 aromatic carbocycles. The molecule has 1 aromatic heterocycles. The van der Waals surface area contributed by atoms with Crippen LogP contribution in [0.4, 0.5) is 0 Å². The largest absolute Gasteiger partial charge is 0.391 e. The first-order chi connectivity index (χ1) is 14.7. The number of hydrogen-bond acceptors (Lipinski definition) is 6. The van der Waals surface area contributed by atoms with Crippen LogP contribution in [-0.2, 0) is 9.59 Å². The van der Waals surface area contributed by atoms with Crippen molar-refractivity contribution >= 4 is 23.2 Å². The molecule has 4 unspecified atom stereocenters. The third-order valence-electron chi connectivity index (χ3n) is 5.89. The summed E-state index contributed by atoms with van der Waals surface area (Å²) in [5.41, 5.74) is 4.92. The molecule has 0 bridgehead atoms. The van der Waals surface area contributed by atoms with E-state index in [1.807, 2.05) is 57.5 Å². The molecule has 7 nitrogen and oxygen atoms in total. The Bertz CT molecular complexity index is 912. The first-order valence-electron chi connectivity index (χ1n) is 10.7. The normalized spacial score (nSPS) is 20.7. The van der Waals surface area contributed by atoms with Crippen molar-refractivity contribution in [1.82, 2.24) is 20.5 Å². The van der Waals surface area contributed by atoms with E-state index in [2.05, 4.69) is 15.6 Å². The number of benzene rings is 1. The fraction of sp³-hybridized carbons (Fsp3) is 0.522. The maximum absolute atomic E-state index is 13.0. The van der Waals surface area contributed by atoms with E-state index in [4.69, 9.17) is 0 Å². The van der Waals surface area contributed by atoms with Crippen molar-refractivity contribution in [2.75, 3.05) is 13.6 Å². The van der Waals surface area contributed by atoms with Gasteiger partial charge < -0.3 is 20.6 Å². The number of aromatic nitrogens is 1. The highest BCUT2D eigenvalue weighted by Crippen LogP contribution is 2.28. The van der Waals surface area contributed by atoms with Crippen LogP contribution in [0.25, 0.3) is 10.4 Å². The fourth-order valence-electron chi connectivity index (χ4n) is 4.12. The average molecular weight is 445 g/mol. The van der Waals surface area contributed by atoms with E-state index in [0.717, 1.165) is 21.7 Å². The summed E-state index contributed by atoms with van der Waals surface area (Å²) in [4.78, 5) is 33.0. The van der Waals surface area contributed by atoms with E-state index in [1.165, 1.54) is 4.90 Å². The van der Waals surface area contributed by atoms with Gasteiger partial charge in [0.25, 0.3) is 0 Å². The lowest BCUT2D eigenvalue weighted by Gasteiger charge is -2.30. The Balaban J connectivity index is 1.69. The number of aliphatic hydroxyl groups is 1. The van der Waals surface area contributed by atoms with E-state index < -0.39 is 12.1 Å². The van der Waals surface area contributed by atoms with Crippen molar-refractivity contribution in [2.24, 2.45) is 5.92 Å². The van der Waals surface area contributed by atoms with Crippen molar-refractivity contribution in [1.29, 1.82) is 0 Å². The van der Waals surface area contributed by atoms with Crippen LogP contribution in [0.15, 0.2) is 29.8 Å². The molecule has 1 saturated heterocycles. The van der Waals surface area contributed by atoms with E-state index in [1.54, 1.807) is 18.4 Å². The molecule has 1 aliphatic rings. The molecule has 2 amide bonds. The van der Waals surface area contributed by atoms with Crippen molar-refractivity contribution in [3.8, 4) is 10.4 Å². The van der Waals surface area contributed by atoms with E-state index in [-0.39, 0.29) is 42.8 Å². The van der Waals surface area contributed by atoms with Gasteiger partial charge in [-0.05, 0) is 37.9 Å². The average Bonchev–Trinajstić information content (AvgIpc) is 3.33. The highest BCUT2D eigenvalue weighted by atomic mass is 32.1. The van der Waals surface area contributed by atoms with E-state index in [0.29, 0.717) is 0 Å². The van der Waals surface area contributed by atoms with Crippen molar-refractivity contribution < 1.29 is 14.7 Å². The van der Waals surface area contributed by atoms with Crippen molar-refractivity contribution in [3.05, 3.63) is 41.0 Å². The lowest BCUT2D eigenvalue weighted by Crippen LogP contribution is -2.53. The maximum atomic E-state index is 13.0. The van der Waals surface area contributed by atoms with Gasteiger partial charge in [0.2, 0.25) is 11.8 Å². The van der Waals surface area contributed by atoms with Crippen LogP contribution >= 0.6 is 11.3 Å². The lowest BCUT2D eigenvalue weighted by molar-refractivity contribution is -0.141. The SMILES string of the molecule is CNC(C(=O)N1CC(O)CC1C(=O)NC(C)c1ccc(-c2scnc2C)cc1)C(C)C. The Labute approximate surface area is 187 Å². The molecule has 3 N–H and O–H groups in total. The summed E-state index contributed by atoms with van der Waals surface area (Å²) < 4.78 is 0. The Hall–Kier alpha value is -2.29. The van der Waals surface area contributed by atoms with Gasteiger partial charge in [-0.15, -0.1) is 11.3 Å². The molecular weight excluding hydrogens is 412 g/mol. The topological polar surface area (TPSA) is 94.6 Å². The number of likely N-dealkylation sites (N-methyl/N-ethyl adjacent to an activating group) is 1. The molecule has 4 atom stereocenters. The Morgan fingerprint density at radius 2 is 1.90 bits per heavy atom. The van der Waals surface area contributed by atoms with Crippen LogP contribution < -0.4 is 10.6 Å². The minimum atomic E-state index is -0.693. The van der Waals surface area contributed by atoms with Gasteiger partial charge in [-0.25, -0.2) is 4.98 Å². The van der Waals surface area contributed by atoms with Gasteiger partial charge in [-0.3, -0.25) is 9.59 Å². The second kappa shape index (κ2) is 9.89. The first kappa shape index (κ1) is 23.4. The molecule has 0 aliphatic carbocycles. The highest BCUT2D eigenvalue weighted by molar-refractivity contribution is 7.13. The third-order valence-corrected chi connectivity index (χ3v) is 6.86. The Kier molecular flexibility index (Phi) is 7.46. The molecule has 8 heteroatoms. The second-order valence-electron chi connectivity index (χ2n) is 8.53. The van der Waals surface area contributed by atoms with Gasteiger partial charge in [0.05, 0.1) is 34.3 Å². The van der Waals surface area contributed by atoms with Gasteiger partial charge in [0.1, 0.15) is 6.04 Å². The monoisotopic (exact) mass is 444 g/mol. The summed E-state index contributed by atoms with van der Waals surface area (Å²) in [7, 11) is 1.74. The number of β-amino-alcohol motifs (C(OH)–C–C–N with tert-alkyl or cyclic N) is 1. The molecule has 3 rings (SSSR count). The van der Waals surface area contributed by atoms with Crippen LogP contribution in [0.3, 0.4) is 0 Å². The summed E-state index contributed by atoms with van der Waals surface area (Å²) in [5.74, 6) is -0.303. The third kappa shape index (κ3) is 5.14. The number of nitrogens with zero attached hydrogens (tertiary/aromatic N) is 2. The number of carbonyl (C=O) groups excluding carboxylic acids is 2. The van der Waals surface area contributed by atoms with Crippen LogP contribution in [0.2, 0.25) is 0 Å². The molecule has 0 spiro atoms. The Morgan fingerprint density at radius 3 is 2.45 bits per heavy atom. The van der Waals surface area contributed by atoms with E-state index >= 15 is 0 Å². The molecule has 2 aromatic rings. The molecule has 0 saturated carbocycles. The number of amides is 2. The van der Waals surface area contributed by atoms with E-state index in [9.17, 15) is 14.7 Å². The minimum absolute atomic E-state index is 0.0820. The zero-order valence-corrected chi connectivity index (χ0v) is 19.6. The quantitative estimate of drug-likeness (QED) is 0.610. The molecule has 2 heterocycles. The first-order valence-corrected chi connectivity index (χ1v) is 11.6. The van der Waals surface area contributed by atoms with Gasteiger partial charge in [0.15, 0.2) is 0 Å². The molecule has 168 valence electrons.